The van der Waals surface area contributed by atoms with Crippen molar-refractivity contribution in [1.29, 1.82) is 0 Å². The normalized spacial score (nSPS) is 10.6. The predicted octanol–water partition coefficient (Wildman–Crippen LogP) is 2.66. The average Bonchev–Trinajstić information content (AvgIpc) is 2.30. The molecule has 0 heterocycles. The molecule has 1 amide bonds. The Morgan fingerprint density at radius 3 is 2.53 bits per heavy atom. The number of nitrogen functional groups attached to an aromatic ring is 1. The summed E-state index contributed by atoms with van der Waals surface area (Å²) in [5.41, 5.74) is 7.68. The summed E-state index contributed by atoms with van der Waals surface area (Å²) >= 11 is 0. The van der Waals surface area contributed by atoms with Crippen molar-refractivity contribution in [2.24, 2.45) is 5.92 Å². The van der Waals surface area contributed by atoms with Crippen LogP contribution in [-0.2, 0) is 11.3 Å². The minimum atomic E-state index is 0.0338. The second kappa shape index (κ2) is 6.28. The number of amides is 1. The lowest BCUT2D eigenvalue weighted by molar-refractivity contribution is -0.135. The van der Waals surface area contributed by atoms with Crippen molar-refractivity contribution in [3.63, 3.8) is 0 Å². The standard InChI is InChI=1S/C14H22N2O/c1-4-9-16(14(17)11(2)3)10-12-7-5-6-8-13(12)15/h5-8,11H,4,9-10,15H2,1-3H3. The average molecular weight is 234 g/mol. The van der Waals surface area contributed by atoms with E-state index in [1.165, 1.54) is 0 Å². The Balaban J connectivity index is 2.80. The summed E-state index contributed by atoms with van der Waals surface area (Å²) in [6.45, 7) is 7.33. The van der Waals surface area contributed by atoms with Crippen LogP contribution in [0.15, 0.2) is 24.3 Å². The van der Waals surface area contributed by atoms with Crippen LogP contribution < -0.4 is 5.73 Å². The first-order valence-electron chi connectivity index (χ1n) is 6.18. The highest BCUT2D eigenvalue weighted by molar-refractivity contribution is 5.78. The molecule has 0 aliphatic heterocycles. The molecule has 94 valence electrons. The Bertz CT molecular complexity index is 374. The number of rotatable bonds is 5. The minimum absolute atomic E-state index is 0.0338. The van der Waals surface area contributed by atoms with E-state index in [9.17, 15) is 4.79 Å². The zero-order chi connectivity index (χ0) is 12.8. The molecule has 2 N–H and O–H groups in total. The summed E-state index contributed by atoms with van der Waals surface area (Å²) in [5.74, 6) is 0.224. The van der Waals surface area contributed by atoms with Crippen molar-refractivity contribution in [2.75, 3.05) is 12.3 Å². The molecule has 0 unspecified atom stereocenters. The zero-order valence-electron chi connectivity index (χ0n) is 10.9. The Morgan fingerprint density at radius 1 is 1.35 bits per heavy atom. The third-order valence-electron chi connectivity index (χ3n) is 2.72. The Labute approximate surface area is 104 Å². The number of para-hydroxylation sites is 1. The van der Waals surface area contributed by atoms with Crippen LogP contribution in [0.4, 0.5) is 5.69 Å². The van der Waals surface area contributed by atoms with Gasteiger partial charge in [0, 0.05) is 24.7 Å². The van der Waals surface area contributed by atoms with Gasteiger partial charge in [-0.05, 0) is 18.1 Å². The molecular formula is C14H22N2O. The van der Waals surface area contributed by atoms with Crippen LogP contribution in [0, 0.1) is 5.92 Å². The molecule has 0 saturated carbocycles. The first kappa shape index (κ1) is 13.6. The quantitative estimate of drug-likeness (QED) is 0.796. The first-order chi connectivity index (χ1) is 8.06. The van der Waals surface area contributed by atoms with Gasteiger partial charge in [-0.3, -0.25) is 4.79 Å². The molecule has 3 heteroatoms. The van der Waals surface area contributed by atoms with Crippen molar-refractivity contribution in [3.8, 4) is 0 Å². The maximum Gasteiger partial charge on any atom is 0.225 e. The van der Waals surface area contributed by atoms with Crippen LogP contribution in [0.25, 0.3) is 0 Å². The molecule has 17 heavy (non-hydrogen) atoms. The van der Waals surface area contributed by atoms with Crippen LogP contribution in [0.2, 0.25) is 0 Å². The molecular weight excluding hydrogens is 212 g/mol. The maximum atomic E-state index is 12.0. The maximum absolute atomic E-state index is 12.0. The Morgan fingerprint density at radius 2 is 2.00 bits per heavy atom. The van der Waals surface area contributed by atoms with Crippen LogP contribution in [0.5, 0.6) is 0 Å². The van der Waals surface area contributed by atoms with Gasteiger partial charge in [0.2, 0.25) is 5.91 Å². The van der Waals surface area contributed by atoms with Gasteiger partial charge in [-0.2, -0.15) is 0 Å². The van der Waals surface area contributed by atoms with E-state index >= 15 is 0 Å². The molecule has 0 bridgehead atoms. The van der Waals surface area contributed by atoms with Crippen LogP contribution in [0.1, 0.15) is 32.8 Å². The number of nitrogens with zero attached hydrogens (tertiary/aromatic N) is 1. The van der Waals surface area contributed by atoms with Gasteiger partial charge in [0.1, 0.15) is 0 Å². The molecule has 0 aliphatic carbocycles. The topological polar surface area (TPSA) is 46.3 Å². The van der Waals surface area contributed by atoms with Gasteiger partial charge < -0.3 is 10.6 Å². The predicted molar refractivity (Wildman–Crippen MR) is 71.4 cm³/mol. The van der Waals surface area contributed by atoms with Crippen molar-refractivity contribution < 1.29 is 4.79 Å². The van der Waals surface area contributed by atoms with Gasteiger partial charge in [0.05, 0.1) is 0 Å². The second-order valence-corrected chi connectivity index (χ2v) is 4.61. The second-order valence-electron chi connectivity index (χ2n) is 4.61. The molecule has 3 nitrogen and oxygen atoms in total. The lowest BCUT2D eigenvalue weighted by Gasteiger charge is -2.24. The molecule has 1 aromatic carbocycles. The largest absolute Gasteiger partial charge is 0.398 e. The SMILES string of the molecule is CCCN(Cc1ccccc1N)C(=O)C(C)C. The van der Waals surface area contributed by atoms with Gasteiger partial charge in [-0.25, -0.2) is 0 Å². The number of hydrogen-bond acceptors (Lipinski definition) is 2. The third kappa shape index (κ3) is 3.77. The van der Waals surface area contributed by atoms with Gasteiger partial charge in [-0.15, -0.1) is 0 Å². The van der Waals surface area contributed by atoms with E-state index in [2.05, 4.69) is 6.92 Å². The number of nitrogens with two attached hydrogens (primary N) is 1. The number of anilines is 1. The summed E-state index contributed by atoms with van der Waals surface area (Å²) in [7, 11) is 0. The fourth-order valence-corrected chi connectivity index (χ4v) is 1.79. The first-order valence-corrected chi connectivity index (χ1v) is 6.18. The zero-order valence-corrected chi connectivity index (χ0v) is 10.9. The van der Waals surface area contributed by atoms with E-state index in [0.29, 0.717) is 6.54 Å². The summed E-state index contributed by atoms with van der Waals surface area (Å²) in [4.78, 5) is 13.9. The fraction of sp³-hybridized carbons (Fsp3) is 0.500. The molecule has 0 saturated heterocycles. The van der Waals surface area contributed by atoms with Gasteiger partial charge in [0.25, 0.3) is 0 Å². The Hall–Kier alpha value is -1.51. The van der Waals surface area contributed by atoms with Gasteiger partial charge in [-0.1, -0.05) is 39.0 Å². The summed E-state index contributed by atoms with van der Waals surface area (Å²) in [6, 6.07) is 7.72. The number of carbonyl (C=O) groups excluding carboxylic acids is 1. The lowest BCUT2D eigenvalue weighted by Crippen LogP contribution is -2.34. The van der Waals surface area contributed by atoms with E-state index in [0.717, 1.165) is 24.2 Å². The molecule has 0 aromatic heterocycles. The smallest absolute Gasteiger partial charge is 0.225 e. The Kier molecular flexibility index (Phi) is 5.01. The number of hydrogen-bond donors (Lipinski definition) is 1. The van der Waals surface area contributed by atoms with Crippen LogP contribution >= 0.6 is 0 Å². The number of benzene rings is 1. The van der Waals surface area contributed by atoms with Crippen molar-refractivity contribution >= 4 is 11.6 Å². The van der Waals surface area contributed by atoms with E-state index < -0.39 is 0 Å². The highest BCUT2D eigenvalue weighted by atomic mass is 16.2. The van der Waals surface area contributed by atoms with E-state index in [4.69, 9.17) is 5.73 Å². The van der Waals surface area contributed by atoms with Crippen molar-refractivity contribution in [2.45, 2.75) is 33.7 Å². The van der Waals surface area contributed by atoms with Crippen molar-refractivity contribution in [3.05, 3.63) is 29.8 Å². The molecule has 1 aromatic rings. The molecule has 0 radical (unpaired) electrons. The number of carbonyl (C=O) groups is 1. The minimum Gasteiger partial charge on any atom is -0.398 e. The highest BCUT2D eigenvalue weighted by Gasteiger charge is 2.17. The van der Waals surface area contributed by atoms with Crippen LogP contribution in [0.3, 0.4) is 0 Å². The summed E-state index contributed by atoms with van der Waals surface area (Å²) < 4.78 is 0. The van der Waals surface area contributed by atoms with Gasteiger partial charge >= 0.3 is 0 Å². The van der Waals surface area contributed by atoms with E-state index in [1.54, 1.807) is 0 Å². The monoisotopic (exact) mass is 234 g/mol. The third-order valence-corrected chi connectivity index (χ3v) is 2.72. The lowest BCUT2D eigenvalue weighted by atomic mass is 10.1. The van der Waals surface area contributed by atoms with Gasteiger partial charge in [0.15, 0.2) is 0 Å². The van der Waals surface area contributed by atoms with Crippen LogP contribution in [-0.4, -0.2) is 17.4 Å². The van der Waals surface area contributed by atoms with E-state index in [1.807, 2.05) is 43.0 Å². The molecule has 1 rings (SSSR count). The fourth-order valence-electron chi connectivity index (χ4n) is 1.79. The molecule has 0 fully saturated rings. The summed E-state index contributed by atoms with van der Waals surface area (Å²) in [5, 5.41) is 0. The molecule has 0 atom stereocenters. The molecule has 0 aliphatic rings. The molecule has 0 spiro atoms. The van der Waals surface area contributed by atoms with E-state index in [-0.39, 0.29) is 11.8 Å². The van der Waals surface area contributed by atoms with Crippen molar-refractivity contribution in [1.82, 2.24) is 4.90 Å². The summed E-state index contributed by atoms with van der Waals surface area (Å²) in [6.07, 6.45) is 0.963. The highest BCUT2D eigenvalue weighted by Crippen LogP contribution is 2.15.